The Kier molecular flexibility index (Phi) is 3.61. The minimum Gasteiger partial charge on any atom is -0.387 e. The molecule has 1 heterocycles. The molecule has 1 aromatic rings. The van der Waals surface area contributed by atoms with Gasteiger partial charge in [-0.3, -0.25) is 0 Å². The van der Waals surface area contributed by atoms with E-state index in [4.69, 9.17) is 11.6 Å². The first kappa shape index (κ1) is 9.60. The molecular formula is C9H9ClOS. The molecule has 0 amide bonds. The van der Waals surface area contributed by atoms with E-state index >= 15 is 0 Å². The van der Waals surface area contributed by atoms with Gasteiger partial charge in [-0.15, -0.1) is 23.2 Å². The lowest BCUT2D eigenvalue weighted by Crippen LogP contribution is -1.91. The minimum atomic E-state index is -0.491. The normalized spacial score (nSPS) is 11.9. The van der Waals surface area contributed by atoms with Crippen molar-refractivity contribution in [2.24, 2.45) is 0 Å². The van der Waals surface area contributed by atoms with Crippen molar-refractivity contribution in [2.45, 2.75) is 19.4 Å². The van der Waals surface area contributed by atoms with E-state index in [0.29, 0.717) is 10.8 Å². The highest BCUT2D eigenvalue weighted by Gasteiger charge is 2.07. The van der Waals surface area contributed by atoms with Gasteiger partial charge < -0.3 is 5.11 Å². The molecule has 0 saturated heterocycles. The Hall–Kier alpha value is -0.490. The fourth-order valence-corrected chi connectivity index (χ4v) is 1.85. The SMILES string of the molecule is CC#CCC(O)c1ccc(Cl)s1. The molecule has 12 heavy (non-hydrogen) atoms. The molecule has 3 heteroatoms. The fraction of sp³-hybridized carbons (Fsp3) is 0.333. The molecule has 1 N–H and O–H groups in total. The summed E-state index contributed by atoms with van der Waals surface area (Å²) in [5, 5.41) is 9.51. The summed E-state index contributed by atoms with van der Waals surface area (Å²) < 4.78 is 0.702. The molecule has 0 fully saturated rings. The molecule has 1 aromatic heterocycles. The summed E-state index contributed by atoms with van der Waals surface area (Å²) >= 11 is 7.10. The Morgan fingerprint density at radius 2 is 2.42 bits per heavy atom. The third kappa shape index (κ3) is 2.53. The highest BCUT2D eigenvalue weighted by atomic mass is 35.5. The lowest BCUT2D eigenvalue weighted by Gasteiger charge is -2.01. The quantitative estimate of drug-likeness (QED) is 0.728. The zero-order chi connectivity index (χ0) is 8.97. The molecule has 0 saturated carbocycles. The lowest BCUT2D eigenvalue weighted by molar-refractivity contribution is 0.188. The first-order valence-electron chi connectivity index (χ1n) is 3.57. The maximum atomic E-state index is 9.51. The second-order valence-corrected chi connectivity index (χ2v) is 4.04. The third-order valence-electron chi connectivity index (χ3n) is 1.39. The molecule has 1 nitrogen and oxygen atoms in total. The van der Waals surface area contributed by atoms with Crippen LogP contribution < -0.4 is 0 Å². The van der Waals surface area contributed by atoms with E-state index in [1.54, 1.807) is 13.0 Å². The van der Waals surface area contributed by atoms with Crippen LogP contribution in [-0.4, -0.2) is 5.11 Å². The third-order valence-corrected chi connectivity index (χ3v) is 2.73. The maximum Gasteiger partial charge on any atom is 0.0991 e. The summed E-state index contributed by atoms with van der Waals surface area (Å²) in [7, 11) is 0. The van der Waals surface area contributed by atoms with Crippen LogP contribution in [0.1, 0.15) is 24.3 Å². The molecule has 0 spiro atoms. The second-order valence-electron chi connectivity index (χ2n) is 2.29. The molecule has 1 rings (SSSR count). The molecular weight excluding hydrogens is 192 g/mol. The number of hydrogen-bond donors (Lipinski definition) is 1. The largest absolute Gasteiger partial charge is 0.387 e. The van der Waals surface area contributed by atoms with Crippen molar-refractivity contribution >= 4 is 22.9 Å². The summed E-state index contributed by atoms with van der Waals surface area (Å²) in [6, 6.07) is 3.61. The van der Waals surface area contributed by atoms with Crippen LogP contribution in [0.5, 0.6) is 0 Å². The van der Waals surface area contributed by atoms with Gasteiger partial charge in [0.1, 0.15) is 0 Å². The Bertz CT molecular complexity index is 308. The summed E-state index contributed by atoms with van der Waals surface area (Å²) in [4.78, 5) is 0.878. The van der Waals surface area contributed by atoms with Crippen molar-refractivity contribution in [3.63, 3.8) is 0 Å². The number of halogens is 1. The molecule has 0 aliphatic carbocycles. The van der Waals surface area contributed by atoms with E-state index in [-0.39, 0.29) is 0 Å². The highest BCUT2D eigenvalue weighted by Crippen LogP contribution is 2.28. The molecule has 0 radical (unpaired) electrons. The monoisotopic (exact) mass is 200 g/mol. The molecule has 1 atom stereocenters. The summed E-state index contributed by atoms with van der Waals surface area (Å²) in [5.74, 6) is 5.56. The van der Waals surface area contributed by atoms with Crippen molar-refractivity contribution < 1.29 is 5.11 Å². The summed E-state index contributed by atoms with van der Waals surface area (Å²) in [6.07, 6.45) is -0.0113. The Morgan fingerprint density at radius 1 is 1.67 bits per heavy atom. The first-order valence-corrected chi connectivity index (χ1v) is 4.76. The van der Waals surface area contributed by atoms with Gasteiger partial charge in [0.15, 0.2) is 0 Å². The van der Waals surface area contributed by atoms with Gasteiger partial charge in [-0.2, -0.15) is 0 Å². The Labute approximate surface area is 81.0 Å². The van der Waals surface area contributed by atoms with Gasteiger partial charge in [-0.25, -0.2) is 0 Å². The van der Waals surface area contributed by atoms with Crippen molar-refractivity contribution in [1.82, 2.24) is 0 Å². The maximum absolute atomic E-state index is 9.51. The fourth-order valence-electron chi connectivity index (χ4n) is 0.807. The first-order chi connectivity index (χ1) is 5.74. The van der Waals surface area contributed by atoms with Crippen LogP contribution in [0, 0.1) is 11.8 Å². The molecule has 64 valence electrons. The van der Waals surface area contributed by atoms with Gasteiger partial charge in [0, 0.05) is 11.3 Å². The van der Waals surface area contributed by atoms with Crippen LogP contribution in [0.4, 0.5) is 0 Å². The van der Waals surface area contributed by atoms with Crippen LogP contribution in [0.3, 0.4) is 0 Å². The lowest BCUT2D eigenvalue weighted by atomic mass is 10.2. The standard InChI is InChI=1S/C9H9ClOS/c1-2-3-4-7(11)8-5-6-9(10)12-8/h5-7,11H,4H2,1H3. The van der Waals surface area contributed by atoms with Gasteiger partial charge in [0.05, 0.1) is 10.4 Å². The molecule has 0 aliphatic rings. The zero-order valence-corrected chi connectivity index (χ0v) is 8.25. The van der Waals surface area contributed by atoms with E-state index in [9.17, 15) is 5.11 Å². The van der Waals surface area contributed by atoms with Crippen LogP contribution in [0.25, 0.3) is 0 Å². The number of aliphatic hydroxyl groups excluding tert-OH is 1. The summed E-state index contributed by atoms with van der Waals surface area (Å²) in [5.41, 5.74) is 0. The smallest absolute Gasteiger partial charge is 0.0991 e. The van der Waals surface area contributed by atoms with E-state index in [1.165, 1.54) is 11.3 Å². The van der Waals surface area contributed by atoms with Crippen molar-refractivity contribution in [1.29, 1.82) is 0 Å². The van der Waals surface area contributed by atoms with Gasteiger partial charge in [-0.1, -0.05) is 11.6 Å². The molecule has 0 aromatic carbocycles. The predicted octanol–water partition coefficient (Wildman–Crippen LogP) is 2.85. The van der Waals surface area contributed by atoms with Gasteiger partial charge in [0.2, 0.25) is 0 Å². The number of rotatable bonds is 2. The Morgan fingerprint density at radius 3 is 2.92 bits per heavy atom. The van der Waals surface area contributed by atoms with Crippen molar-refractivity contribution in [2.75, 3.05) is 0 Å². The number of hydrogen-bond acceptors (Lipinski definition) is 2. The van der Waals surface area contributed by atoms with E-state index in [0.717, 1.165) is 4.88 Å². The van der Waals surface area contributed by atoms with Gasteiger partial charge in [-0.05, 0) is 19.1 Å². The second kappa shape index (κ2) is 4.51. The van der Waals surface area contributed by atoms with Crippen molar-refractivity contribution in [3.8, 4) is 11.8 Å². The minimum absolute atomic E-state index is 0.480. The average Bonchev–Trinajstić information content (AvgIpc) is 2.47. The van der Waals surface area contributed by atoms with E-state index in [1.807, 2.05) is 6.07 Å². The van der Waals surface area contributed by atoms with Crippen LogP contribution in [0.15, 0.2) is 12.1 Å². The number of thiophene rings is 1. The van der Waals surface area contributed by atoms with Gasteiger partial charge >= 0.3 is 0 Å². The van der Waals surface area contributed by atoms with Crippen LogP contribution >= 0.6 is 22.9 Å². The molecule has 1 unspecified atom stereocenters. The Balaban J connectivity index is 2.62. The predicted molar refractivity (Wildman–Crippen MR) is 52.4 cm³/mol. The van der Waals surface area contributed by atoms with Crippen molar-refractivity contribution in [3.05, 3.63) is 21.3 Å². The topological polar surface area (TPSA) is 20.2 Å². The van der Waals surface area contributed by atoms with E-state index < -0.39 is 6.10 Å². The molecule has 0 aliphatic heterocycles. The molecule has 0 bridgehead atoms. The van der Waals surface area contributed by atoms with E-state index in [2.05, 4.69) is 11.8 Å². The summed E-state index contributed by atoms with van der Waals surface area (Å²) in [6.45, 7) is 1.76. The van der Waals surface area contributed by atoms with Crippen LogP contribution in [-0.2, 0) is 0 Å². The highest BCUT2D eigenvalue weighted by molar-refractivity contribution is 7.16. The number of aliphatic hydroxyl groups is 1. The average molecular weight is 201 g/mol. The van der Waals surface area contributed by atoms with Gasteiger partial charge in [0.25, 0.3) is 0 Å². The zero-order valence-electron chi connectivity index (χ0n) is 6.67. The van der Waals surface area contributed by atoms with Crippen LogP contribution in [0.2, 0.25) is 4.34 Å².